The highest BCUT2D eigenvalue weighted by Gasteiger charge is 2.49. The fourth-order valence-electron chi connectivity index (χ4n) is 2.54. The van der Waals surface area contributed by atoms with Crippen molar-refractivity contribution in [2.24, 2.45) is 0 Å². The number of rotatable bonds is 1. The van der Waals surface area contributed by atoms with Gasteiger partial charge in [-0.2, -0.15) is 4.37 Å². The van der Waals surface area contributed by atoms with Crippen LogP contribution in [0.25, 0.3) is 0 Å². The first-order valence-electron chi connectivity index (χ1n) is 5.08. The van der Waals surface area contributed by atoms with Gasteiger partial charge in [-0.25, -0.2) is 0 Å². The Hall–Kier alpha value is -0.450. The molecular weight excluding hydrogens is 198 g/mol. The van der Waals surface area contributed by atoms with E-state index in [-0.39, 0.29) is 6.10 Å². The van der Waals surface area contributed by atoms with Crippen molar-refractivity contribution >= 4 is 11.5 Å². The molecule has 0 radical (unpaired) electrons. The van der Waals surface area contributed by atoms with Crippen LogP contribution in [0.2, 0.25) is 0 Å². The third-order valence-electron chi connectivity index (χ3n) is 3.37. The minimum absolute atomic E-state index is 0.0247. The second-order valence-electron chi connectivity index (χ2n) is 4.17. The molecule has 76 valence electrons. The van der Waals surface area contributed by atoms with Crippen LogP contribution in [0.3, 0.4) is 0 Å². The van der Waals surface area contributed by atoms with E-state index in [1.807, 2.05) is 11.4 Å². The zero-order chi connectivity index (χ0) is 9.60. The zero-order valence-corrected chi connectivity index (χ0v) is 8.67. The van der Waals surface area contributed by atoms with Gasteiger partial charge >= 0.3 is 0 Å². The summed E-state index contributed by atoms with van der Waals surface area (Å²) in [6.45, 7) is 0. The van der Waals surface area contributed by atoms with E-state index in [4.69, 9.17) is 4.74 Å². The van der Waals surface area contributed by atoms with E-state index in [0.717, 1.165) is 31.4 Å². The van der Waals surface area contributed by atoms with E-state index in [1.54, 1.807) is 0 Å². The molecule has 2 fully saturated rings. The topological polar surface area (TPSA) is 42.4 Å². The third kappa shape index (κ3) is 1.14. The molecule has 0 aromatic carbocycles. The lowest BCUT2D eigenvalue weighted by atomic mass is 9.87. The summed E-state index contributed by atoms with van der Waals surface area (Å²) in [6, 6.07) is 1.91. The van der Waals surface area contributed by atoms with E-state index >= 15 is 0 Å². The standard InChI is InChI=1S/C10H13NO2S/c12-10(8-4-6-14-11-8)5-3-7-1-2-9(10)13-7/h4,6-7,9,12H,1-3,5H2. The largest absolute Gasteiger partial charge is 0.381 e. The molecule has 0 spiro atoms. The third-order valence-corrected chi connectivity index (χ3v) is 3.93. The molecule has 3 atom stereocenters. The molecule has 4 heteroatoms. The summed E-state index contributed by atoms with van der Waals surface area (Å²) in [5.41, 5.74) is -0.0136. The summed E-state index contributed by atoms with van der Waals surface area (Å²) in [5, 5.41) is 12.4. The number of hydrogen-bond acceptors (Lipinski definition) is 4. The maximum atomic E-state index is 10.5. The highest BCUT2D eigenvalue weighted by atomic mass is 32.1. The van der Waals surface area contributed by atoms with Gasteiger partial charge in [0, 0.05) is 5.38 Å². The van der Waals surface area contributed by atoms with Crippen molar-refractivity contribution in [3.8, 4) is 0 Å². The van der Waals surface area contributed by atoms with E-state index in [1.165, 1.54) is 11.5 Å². The molecule has 1 aromatic heterocycles. The molecule has 2 aliphatic rings. The van der Waals surface area contributed by atoms with Crippen LogP contribution in [0, 0.1) is 0 Å². The summed E-state index contributed by atoms with van der Waals surface area (Å²) in [4.78, 5) is 0. The van der Waals surface area contributed by atoms with E-state index in [9.17, 15) is 5.11 Å². The quantitative estimate of drug-likeness (QED) is 0.768. The van der Waals surface area contributed by atoms with Crippen molar-refractivity contribution in [2.75, 3.05) is 0 Å². The first-order valence-corrected chi connectivity index (χ1v) is 5.91. The summed E-state index contributed by atoms with van der Waals surface area (Å²) < 4.78 is 9.99. The lowest BCUT2D eigenvalue weighted by Gasteiger charge is -2.36. The summed E-state index contributed by atoms with van der Waals surface area (Å²) in [6.07, 6.45) is 4.19. The van der Waals surface area contributed by atoms with Crippen LogP contribution < -0.4 is 0 Å². The number of aromatic nitrogens is 1. The van der Waals surface area contributed by atoms with Crippen LogP contribution >= 0.6 is 11.5 Å². The second-order valence-corrected chi connectivity index (χ2v) is 4.84. The predicted octanol–water partition coefficient (Wildman–Crippen LogP) is 1.67. The molecule has 0 saturated carbocycles. The molecule has 2 aliphatic heterocycles. The zero-order valence-electron chi connectivity index (χ0n) is 7.85. The minimum Gasteiger partial charge on any atom is -0.381 e. The predicted molar refractivity (Wildman–Crippen MR) is 53.1 cm³/mol. The van der Waals surface area contributed by atoms with E-state index < -0.39 is 5.60 Å². The van der Waals surface area contributed by atoms with Gasteiger partial charge < -0.3 is 9.84 Å². The normalized spacial score (nSPS) is 41.5. The average molecular weight is 211 g/mol. The van der Waals surface area contributed by atoms with Crippen molar-refractivity contribution in [3.05, 3.63) is 17.1 Å². The summed E-state index contributed by atoms with van der Waals surface area (Å²) >= 11 is 1.39. The molecule has 0 aliphatic carbocycles. The van der Waals surface area contributed by atoms with Gasteiger partial charge in [-0.3, -0.25) is 0 Å². The highest BCUT2D eigenvalue weighted by Crippen LogP contribution is 2.44. The van der Waals surface area contributed by atoms with Gasteiger partial charge in [-0.1, -0.05) is 0 Å². The Morgan fingerprint density at radius 1 is 1.50 bits per heavy atom. The molecule has 3 unspecified atom stereocenters. The fourth-order valence-corrected chi connectivity index (χ4v) is 3.12. The second kappa shape index (κ2) is 3.02. The lowest BCUT2D eigenvalue weighted by Crippen LogP contribution is -2.43. The Bertz CT molecular complexity index is 327. The van der Waals surface area contributed by atoms with Crippen LogP contribution in [0.5, 0.6) is 0 Å². The van der Waals surface area contributed by atoms with Crippen molar-refractivity contribution < 1.29 is 9.84 Å². The molecular formula is C10H13NO2S. The van der Waals surface area contributed by atoms with Crippen LogP contribution in [-0.4, -0.2) is 21.7 Å². The molecule has 0 amide bonds. The number of hydrogen-bond donors (Lipinski definition) is 1. The SMILES string of the molecule is OC1(c2ccsn2)CCC2CCC1O2. The van der Waals surface area contributed by atoms with Crippen molar-refractivity contribution in [3.63, 3.8) is 0 Å². The summed E-state index contributed by atoms with van der Waals surface area (Å²) in [5.74, 6) is 0. The first kappa shape index (κ1) is 8.83. The molecule has 2 saturated heterocycles. The smallest absolute Gasteiger partial charge is 0.134 e. The molecule has 3 rings (SSSR count). The van der Waals surface area contributed by atoms with Gasteiger partial charge in [-0.15, -0.1) is 0 Å². The van der Waals surface area contributed by atoms with Gasteiger partial charge in [-0.05, 0) is 43.3 Å². The van der Waals surface area contributed by atoms with Gasteiger partial charge in [0.1, 0.15) is 5.60 Å². The maximum Gasteiger partial charge on any atom is 0.134 e. The highest BCUT2D eigenvalue weighted by molar-refractivity contribution is 7.03. The molecule has 3 nitrogen and oxygen atoms in total. The van der Waals surface area contributed by atoms with Gasteiger partial charge in [0.05, 0.1) is 17.9 Å². The van der Waals surface area contributed by atoms with Crippen LogP contribution in [0.15, 0.2) is 11.4 Å². The van der Waals surface area contributed by atoms with Crippen LogP contribution in [0.1, 0.15) is 31.4 Å². The van der Waals surface area contributed by atoms with Gasteiger partial charge in [0.15, 0.2) is 0 Å². The van der Waals surface area contributed by atoms with Crippen molar-refractivity contribution in [1.82, 2.24) is 4.37 Å². The van der Waals surface area contributed by atoms with Crippen molar-refractivity contribution in [1.29, 1.82) is 0 Å². The Kier molecular flexibility index (Phi) is 1.90. The van der Waals surface area contributed by atoms with E-state index in [2.05, 4.69) is 4.37 Å². The first-order chi connectivity index (χ1) is 6.79. The maximum absolute atomic E-state index is 10.5. The van der Waals surface area contributed by atoms with Crippen LogP contribution in [0.4, 0.5) is 0 Å². The molecule has 3 heterocycles. The monoisotopic (exact) mass is 211 g/mol. The molecule has 2 bridgehead atoms. The number of fused-ring (bicyclic) bond motifs is 2. The lowest BCUT2D eigenvalue weighted by molar-refractivity contribution is -0.150. The van der Waals surface area contributed by atoms with Gasteiger partial charge in [0.25, 0.3) is 0 Å². The van der Waals surface area contributed by atoms with E-state index in [0.29, 0.717) is 6.10 Å². The van der Waals surface area contributed by atoms with Crippen molar-refractivity contribution in [2.45, 2.75) is 43.5 Å². The van der Waals surface area contributed by atoms with Gasteiger partial charge in [0.2, 0.25) is 0 Å². The van der Waals surface area contributed by atoms with Crippen LogP contribution in [-0.2, 0) is 10.3 Å². The summed E-state index contributed by atoms with van der Waals surface area (Å²) in [7, 11) is 0. The Morgan fingerprint density at radius 2 is 2.43 bits per heavy atom. The average Bonchev–Trinajstić information content (AvgIpc) is 2.84. The number of ether oxygens (including phenoxy) is 1. The molecule has 1 N–H and O–H groups in total. The minimum atomic E-state index is -0.812. The Balaban J connectivity index is 1.95. The molecule has 14 heavy (non-hydrogen) atoms. The Morgan fingerprint density at radius 3 is 3.21 bits per heavy atom. The number of aliphatic hydroxyl groups is 1. The Labute approximate surface area is 86.9 Å². The fraction of sp³-hybridized carbons (Fsp3) is 0.700. The molecule has 1 aromatic rings. The number of nitrogens with zero attached hydrogens (tertiary/aromatic N) is 1.